The number of benzene rings is 1. The molecule has 4 nitrogen and oxygen atoms in total. The molecule has 0 aliphatic rings. The van der Waals surface area contributed by atoms with Crippen LogP contribution >= 0.6 is 11.6 Å². The quantitative estimate of drug-likeness (QED) is 0.792. The summed E-state index contributed by atoms with van der Waals surface area (Å²) in [7, 11) is 0. The van der Waals surface area contributed by atoms with Gasteiger partial charge in [-0.2, -0.15) is 0 Å². The predicted octanol–water partition coefficient (Wildman–Crippen LogP) is 2.50. The Morgan fingerprint density at radius 3 is 2.80 bits per heavy atom. The van der Waals surface area contributed by atoms with Crippen LogP contribution in [0.2, 0.25) is 5.02 Å². The first kappa shape index (κ1) is 9.73. The Morgan fingerprint density at radius 1 is 1.27 bits per heavy atom. The average Bonchev–Trinajstić information content (AvgIpc) is 2.24. The molecule has 76 valence electrons. The molecule has 0 amide bonds. The van der Waals surface area contributed by atoms with Gasteiger partial charge in [-0.1, -0.05) is 11.6 Å². The van der Waals surface area contributed by atoms with Crippen molar-refractivity contribution in [1.29, 1.82) is 0 Å². The summed E-state index contributed by atoms with van der Waals surface area (Å²) in [5, 5.41) is 0.569. The molecule has 0 saturated carbocycles. The molecule has 0 radical (unpaired) electrons. The topological polar surface area (TPSA) is 61.0 Å². The van der Waals surface area contributed by atoms with Gasteiger partial charge in [0.15, 0.2) is 5.75 Å². The fraction of sp³-hybridized carbons (Fsp3) is 0. The molecule has 5 heteroatoms. The van der Waals surface area contributed by atoms with E-state index in [0.29, 0.717) is 22.3 Å². The molecule has 0 aliphatic heterocycles. The van der Waals surface area contributed by atoms with Crippen LogP contribution in [-0.2, 0) is 0 Å². The number of anilines is 1. The van der Waals surface area contributed by atoms with Gasteiger partial charge in [0.25, 0.3) is 0 Å². The minimum Gasteiger partial charge on any atom is -0.435 e. The van der Waals surface area contributed by atoms with Crippen LogP contribution in [0.3, 0.4) is 0 Å². The van der Waals surface area contributed by atoms with Crippen molar-refractivity contribution >= 4 is 17.3 Å². The lowest BCUT2D eigenvalue weighted by molar-refractivity contribution is 0.462. The van der Waals surface area contributed by atoms with E-state index in [1.54, 1.807) is 30.6 Å². The second-order valence-corrected chi connectivity index (χ2v) is 3.26. The monoisotopic (exact) mass is 221 g/mol. The van der Waals surface area contributed by atoms with Crippen LogP contribution in [0.1, 0.15) is 0 Å². The summed E-state index contributed by atoms with van der Waals surface area (Å²) in [4.78, 5) is 7.84. The van der Waals surface area contributed by atoms with E-state index in [1.807, 2.05) is 0 Å². The van der Waals surface area contributed by atoms with E-state index in [4.69, 9.17) is 22.1 Å². The second kappa shape index (κ2) is 4.14. The van der Waals surface area contributed by atoms with Gasteiger partial charge in [-0.15, -0.1) is 0 Å². The maximum absolute atomic E-state index is 5.76. The van der Waals surface area contributed by atoms with Crippen LogP contribution in [0.15, 0.2) is 36.8 Å². The molecule has 0 aliphatic carbocycles. The first-order valence-electron chi connectivity index (χ1n) is 4.24. The van der Waals surface area contributed by atoms with Crippen molar-refractivity contribution in [2.45, 2.75) is 0 Å². The minimum atomic E-state index is 0.395. The molecule has 0 spiro atoms. The van der Waals surface area contributed by atoms with Crippen LogP contribution in [0.4, 0.5) is 5.69 Å². The third kappa shape index (κ3) is 2.35. The SMILES string of the molecule is Nc1cc(Cl)ccc1Oc1cnccn1. The van der Waals surface area contributed by atoms with Crippen molar-refractivity contribution in [3.8, 4) is 11.6 Å². The lowest BCUT2D eigenvalue weighted by Gasteiger charge is -2.06. The van der Waals surface area contributed by atoms with E-state index in [2.05, 4.69) is 9.97 Å². The third-order valence-electron chi connectivity index (χ3n) is 1.73. The van der Waals surface area contributed by atoms with Gasteiger partial charge in [0.1, 0.15) is 0 Å². The van der Waals surface area contributed by atoms with Gasteiger partial charge in [0.2, 0.25) is 5.88 Å². The van der Waals surface area contributed by atoms with Gasteiger partial charge in [-0.3, -0.25) is 4.98 Å². The molecular weight excluding hydrogens is 214 g/mol. The van der Waals surface area contributed by atoms with Crippen LogP contribution in [-0.4, -0.2) is 9.97 Å². The lowest BCUT2D eigenvalue weighted by atomic mass is 10.3. The molecule has 2 rings (SSSR count). The summed E-state index contributed by atoms with van der Waals surface area (Å²) in [6.07, 6.45) is 4.62. The van der Waals surface area contributed by atoms with E-state index in [-0.39, 0.29) is 0 Å². The number of hydrogen-bond acceptors (Lipinski definition) is 4. The minimum absolute atomic E-state index is 0.395. The highest BCUT2D eigenvalue weighted by molar-refractivity contribution is 6.30. The first-order chi connectivity index (χ1) is 7.25. The van der Waals surface area contributed by atoms with Crippen LogP contribution in [0.5, 0.6) is 11.6 Å². The normalized spacial score (nSPS) is 9.93. The van der Waals surface area contributed by atoms with E-state index in [1.165, 1.54) is 6.20 Å². The molecule has 2 aromatic rings. The molecule has 1 aromatic carbocycles. The Bertz CT molecular complexity index is 461. The molecule has 15 heavy (non-hydrogen) atoms. The Morgan fingerprint density at radius 2 is 2.13 bits per heavy atom. The van der Waals surface area contributed by atoms with Crippen molar-refractivity contribution in [3.63, 3.8) is 0 Å². The summed E-state index contributed by atoms with van der Waals surface area (Å²) in [6, 6.07) is 5.00. The van der Waals surface area contributed by atoms with Gasteiger partial charge < -0.3 is 10.5 Å². The Labute approximate surface area is 91.7 Å². The van der Waals surface area contributed by atoms with Crippen molar-refractivity contribution in [3.05, 3.63) is 41.8 Å². The third-order valence-corrected chi connectivity index (χ3v) is 1.96. The number of hydrogen-bond donors (Lipinski definition) is 1. The molecule has 0 unspecified atom stereocenters. The molecule has 0 atom stereocenters. The van der Waals surface area contributed by atoms with E-state index in [0.717, 1.165) is 0 Å². The molecule has 0 saturated heterocycles. The summed E-state index contributed by atoms with van der Waals surface area (Å²) >= 11 is 5.76. The van der Waals surface area contributed by atoms with Crippen LogP contribution in [0.25, 0.3) is 0 Å². The molecular formula is C10H8ClN3O. The predicted molar refractivity (Wildman–Crippen MR) is 58.0 cm³/mol. The molecule has 0 fully saturated rings. The van der Waals surface area contributed by atoms with Crippen molar-refractivity contribution < 1.29 is 4.74 Å². The number of halogens is 1. The second-order valence-electron chi connectivity index (χ2n) is 2.83. The molecule has 1 aromatic heterocycles. The van der Waals surface area contributed by atoms with Gasteiger partial charge in [-0.25, -0.2) is 4.98 Å². The van der Waals surface area contributed by atoms with Crippen LogP contribution in [0, 0.1) is 0 Å². The number of nitrogen functional groups attached to an aromatic ring is 1. The fourth-order valence-electron chi connectivity index (χ4n) is 1.06. The number of nitrogens with two attached hydrogens (primary N) is 1. The lowest BCUT2D eigenvalue weighted by Crippen LogP contribution is -1.93. The van der Waals surface area contributed by atoms with Crippen molar-refractivity contribution in [2.75, 3.05) is 5.73 Å². The van der Waals surface area contributed by atoms with E-state index < -0.39 is 0 Å². The van der Waals surface area contributed by atoms with Gasteiger partial charge in [-0.05, 0) is 18.2 Å². The average molecular weight is 222 g/mol. The highest BCUT2D eigenvalue weighted by Gasteiger charge is 2.03. The summed E-state index contributed by atoms with van der Waals surface area (Å²) in [5.41, 5.74) is 6.18. The van der Waals surface area contributed by atoms with E-state index >= 15 is 0 Å². The fourth-order valence-corrected chi connectivity index (χ4v) is 1.24. The van der Waals surface area contributed by atoms with Gasteiger partial charge >= 0.3 is 0 Å². The first-order valence-corrected chi connectivity index (χ1v) is 4.62. The zero-order valence-electron chi connectivity index (χ0n) is 7.72. The molecule has 1 heterocycles. The number of nitrogens with zero attached hydrogens (tertiary/aromatic N) is 2. The highest BCUT2D eigenvalue weighted by atomic mass is 35.5. The molecule has 0 bridgehead atoms. The van der Waals surface area contributed by atoms with E-state index in [9.17, 15) is 0 Å². The summed E-state index contributed by atoms with van der Waals surface area (Å²) < 4.78 is 5.41. The Kier molecular flexibility index (Phi) is 2.69. The highest BCUT2D eigenvalue weighted by Crippen LogP contribution is 2.28. The zero-order chi connectivity index (χ0) is 10.7. The summed E-state index contributed by atoms with van der Waals surface area (Å²) in [6.45, 7) is 0. The molecule has 2 N–H and O–H groups in total. The number of aromatic nitrogens is 2. The maximum Gasteiger partial charge on any atom is 0.237 e. The maximum atomic E-state index is 5.76. The van der Waals surface area contributed by atoms with Gasteiger partial charge in [0.05, 0.1) is 11.9 Å². The standard InChI is InChI=1S/C10H8ClN3O/c11-7-1-2-9(8(12)5-7)15-10-6-13-3-4-14-10/h1-6H,12H2. The van der Waals surface area contributed by atoms with Crippen molar-refractivity contribution in [1.82, 2.24) is 9.97 Å². The number of rotatable bonds is 2. The van der Waals surface area contributed by atoms with Gasteiger partial charge in [0, 0.05) is 17.4 Å². The van der Waals surface area contributed by atoms with Crippen LogP contribution < -0.4 is 10.5 Å². The van der Waals surface area contributed by atoms with Crippen molar-refractivity contribution in [2.24, 2.45) is 0 Å². The Balaban J connectivity index is 2.25. The zero-order valence-corrected chi connectivity index (χ0v) is 8.48. The largest absolute Gasteiger partial charge is 0.435 e. The summed E-state index contributed by atoms with van der Waals surface area (Å²) in [5.74, 6) is 0.909. The number of ether oxygens (including phenoxy) is 1. The Hall–Kier alpha value is -1.81. The smallest absolute Gasteiger partial charge is 0.237 e.